The Morgan fingerprint density at radius 3 is 2.66 bits per heavy atom. The van der Waals surface area contributed by atoms with Gasteiger partial charge in [-0.25, -0.2) is 4.98 Å². The molecule has 0 spiro atoms. The number of benzene rings is 3. The van der Waals surface area contributed by atoms with E-state index in [-0.39, 0.29) is 17.4 Å². The number of aryl methyl sites for hydroxylation is 2. The molecule has 210 valence electrons. The Bertz CT molecular complexity index is 1700. The minimum atomic E-state index is -0.856. The standard InChI is InChI=1S/C33H32N2O5S/c1-5-6-13-39-24-10-7-21(8-11-24)29-27(30(36)22-9-12-25-23(17-22)16-20(4)40-25)31(37)32(38)35(29)33-34-28-19(3)14-18(2)15-26(28)41-33/h7-12,14-15,17,20,29,36H,5-6,13,16H2,1-4H3/t20-,29+/m0/s1. The summed E-state index contributed by atoms with van der Waals surface area (Å²) in [6, 6.07) is 16.0. The van der Waals surface area contributed by atoms with Crippen LogP contribution < -0.4 is 14.4 Å². The zero-order valence-corrected chi connectivity index (χ0v) is 24.4. The number of hydrogen-bond acceptors (Lipinski definition) is 7. The van der Waals surface area contributed by atoms with Gasteiger partial charge in [-0.2, -0.15) is 0 Å². The average Bonchev–Trinajstić information content (AvgIpc) is 3.61. The predicted octanol–water partition coefficient (Wildman–Crippen LogP) is 7.04. The quantitative estimate of drug-likeness (QED) is 0.111. The molecule has 1 aromatic heterocycles. The van der Waals surface area contributed by atoms with Crippen LogP contribution in [0, 0.1) is 13.8 Å². The van der Waals surface area contributed by atoms with Crippen molar-refractivity contribution in [1.29, 1.82) is 0 Å². The number of aliphatic hydroxyl groups is 1. The van der Waals surface area contributed by atoms with Crippen LogP contribution in [-0.4, -0.2) is 34.5 Å². The molecular formula is C33H32N2O5S. The molecule has 0 saturated carbocycles. The summed E-state index contributed by atoms with van der Waals surface area (Å²) in [7, 11) is 0. The molecule has 3 aromatic carbocycles. The summed E-state index contributed by atoms with van der Waals surface area (Å²) in [5.74, 6) is -0.197. The number of ether oxygens (including phenoxy) is 2. The normalized spacial score (nSPS) is 19.6. The van der Waals surface area contributed by atoms with Gasteiger partial charge in [0, 0.05) is 12.0 Å². The number of ketones is 1. The van der Waals surface area contributed by atoms with E-state index in [2.05, 4.69) is 6.92 Å². The lowest BCUT2D eigenvalue weighted by atomic mass is 9.94. The summed E-state index contributed by atoms with van der Waals surface area (Å²) in [6.45, 7) is 8.71. The molecule has 0 bridgehead atoms. The van der Waals surface area contributed by atoms with E-state index in [1.165, 1.54) is 16.2 Å². The zero-order valence-electron chi connectivity index (χ0n) is 23.6. The van der Waals surface area contributed by atoms with Gasteiger partial charge in [-0.15, -0.1) is 0 Å². The van der Waals surface area contributed by atoms with Gasteiger partial charge in [-0.3, -0.25) is 14.5 Å². The van der Waals surface area contributed by atoms with Gasteiger partial charge in [-0.1, -0.05) is 42.9 Å². The minimum Gasteiger partial charge on any atom is -0.507 e. The van der Waals surface area contributed by atoms with Crippen LogP contribution in [0.3, 0.4) is 0 Å². The number of Topliss-reactive ketones (excluding diaryl/α,β-unsaturated/α-hetero) is 1. The molecule has 3 heterocycles. The van der Waals surface area contributed by atoms with E-state index in [9.17, 15) is 14.7 Å². The van der Waals surface area contributed by atoms with Crippen LogP contribution in [0.4, 0.5) is 5.13 Å². The van der Waals surface area contributed by atoms with Crippen molar-refractivity contribution in [2.45, 2.75) is 59.1 Å². The van der Waals surface area contributed by atoms with Crippen LogP contribution in [-0.2, 0) is 16.0 Å². The molecule has 2 aliphatic heterocycles. The fourth-order valence-corrected chi connectivity index (χ4v) is 6.78. The number of carbonyl (C=O) groups is 2. The molecule has 4 aromatic rings. The first-order valence-corrected chi connectivity index (χ1v) is 14.8. The molecule has 1 fully saturated rings. The molecule has 2 atom stereocenters. The van der Waals surface area contributed by atoms with Crippen molar-refractivity contribution in [3.63, 3.8) is 0 Å². The third-order valence-corrected chi connectivity index (χ3v) is 8.60. The number of unbranched alkanes of at least 4 members (excludes halogenated alkanes) is 1. The molecule has 8 heteroatoms. The number of fused-ring (bicyclic) bond motifs is 2. The van der Waals surface area contributed by atoms with Gasteiger partial charge in [-0.05, 0) is 85.8 Å². The van der Waals surface area contributed by atoms with E-state index in [1.807, 2.05) is 63.2 Å². The van der Waals surface area contributed by atoms with Crippen molar-refractivity contribution in [2.24, 2.45) is 0 Å². The van der Waals surface area contributed by atoms with Crippen LogP contribution in [0.15, 0.2) is 60.2 Å². The molecular weight excluding hydrogens is 536 g/mol. The molecule has 7 nitrogen and oxygen atoms in total. The highest BCUT2D eigenvalue weighted by molar-refractivity contribution is 7.22. The van der Waals surface area contributed by atoms with Gasteiger partial charge in [0.15, 0.2) is 5.13 Å². The van der Waals surface area contributed by atoms with Crippen molar-refractivity contribution in [3.8, 4) is 11.5 Å². The number of hydrogen-bond donors (Lipinski definition) is 1. The zero-order chi connectivity index (χ0) is 28.8. The van der Waals surface area contributed by atoms with Gasteiger partial charge in [0.25, 0.3) is 5.78 Å². The predicted molar refractivity (Wildman–Crippen MR) is 161 cm³/mol. The lowest BCUT2D eigenvalue weighted by molar-refractivity contribution is -0.132. The summed E-state index contributed by atoms with van der Waals surface area (Å²) in [6.07, 6.45) is 2.72. The van der Waals surface area contributed by atoms with Crippen LogP contribution in [0.1, 0.15) is 60.5 Å². The summed E-state index contributed by atoms with van der Waals surface area (Å²) in [5.41, 5.74) is 5.03. The van der Waals surface area contributed by atoms with E-state index in [0.29, 0.717) is 35.0 Å². The Morgan fingerprint density at radius 2 is 1.90 bits per heavy atom. The maximum atomic E-state index is 13.7. The van der Waals surface area contributed by atoms with Crippen LogP contribution in [0.25, 0.3) is 16.0 Å². The average molecular weight is 569 g/mol. The molecule has 2 aliphatic rings. The SMILES string of the molecule is CCCCOc1ccc([C@@H]2C(=C(O)c3ccc4c(c3)C[C@H](C)O4)C(=O)C(=O)N2c2nc3c(C)cc(C)cc3s2)cc1. The van der Waals surface area contributed by atoms with Gasteiger partial charge >= 0.3 is 5.91 Å². The topological polar surface area (TPSA) is 89.0 Å². The maximum absolute atomic E-state index is 13.7. The van der Waals surface area contributed by atoms with E-state index >= 15 is 0 Å². The highest BCUT2D eigenvalue weighted by atomic mass is 32.1. The Labute approximate surface area is 243 Å². The Kier molecular flexibility index (Phi) is 7.03. The fourth-order valence-electron chi connectivity index (χ4n) is 5.61. The number of carbonyl (C=O) groups excluding carboxylic acids is 2. The van der Waals surface area contributed by atoms with Crippen molar-refractivity contribution >= 4 is 44.1 Å². The second kappa shape index (κ2) is 10.7. The summed E-state index contributed by atoms with van der Waals surface area (Å²) < 4.78 is 12.6. The number of amides is 1. The van der Waals surface area contributed by atoms with Gasteiger partial charge in [0.1, 0.15) is 23.4 Å². The molecule has 41 heavy (non-hydrogen) atoms. The Morgan fingerprint density at radius 1 is 1.12 bits per heavy atom. The third-order valence-electron chi connectivity index (χ3n) is 7.60. The van der Waals surface area contributed by atoms with E-state index < -0.39 is 17.7 Å². The minimum absolute atomic E-state index is 0.0359. The number of nitrogens with zero attached hydrogens (tertiary/aromatic N) is 2. The molecule has 6 rings (SSSR count). The van der Waals surface area contributed by atoms with Crippen molar-refractivity contribution < 1.29 is 24.2 Å². The smallest absolute Gasteiger partial charge is 0.301 e. The Balaban J connectivity index is 1.48. The maximum Gasteiger partial charge on any atom is 0.301 e. The van der Waals surface area contributed by atoms with Gasteiger partial charge in [0.05, 0.1) is 28.4 Å². The second-order valence-electron chi connectivity index (χ2n) is 10.8. The first kappa shape index (κ1) is 27.0. The largest absolute Gasteiger partial charge is 0.507 e. The summed E-state index contributed by atoms with van der Waals surface area (Å²) in [4.78, 5) is 33.6. The molecule has 0 aliphatic carbocycles. The molecule has 1 amide bonds. The third kappa shape index (κ3) is 4.86. The van der Waals surface area contributed by atoms with Gasteiger partial charge < -0.3 is 14.6 Å². The van der Waals surface area contributed by atoms with Crippen LogP contribution >= 0.6 is 11.3 Å². The molecule has 0 radical (unpaired) electrons. The Hall–Kier alpha value is -4.17. The first-order valence-electron chi connectivity index (χ1n) is 14.0. The number of rotatable bonds is 7. The number of aromatic nitrogens is 1. The summed E-state index contributed by atoms with van der Waals surface area (Å²) >= 11 is 1.37. The van der Waals surface area contributed by atoms with Gasteiger partial charge in [0.2, 0.25) is 0 Å². The number of aliphatic hydroxyl groups excluding tert-OH is 1. The molecule has 1 N–H and O–H groups in total. The first-order chi connectivity index (χ1) is 19.7. The highest BCUT2D eigenvalue weighted by Crippen LogP contribution is 2.45. The highest BCUT2D eigenvalue weighted by Gasteiger charge is 2.48. The molecule has 1 saturated heterocycles. The molecule has 0 unspecified atom stereocenters. The summed E-state index contributed by atoms with van der Waals surface area (Å²) in [5, 5.41) is 12.0. The second-order valence-corrected chi connectivity index (χ2v) is 11.8. The lowest BCUT2D eigenvalue weighted by Crippen LogP contribution is -2.29. The van der Waals surface area contributed by atoms with Crippen molar-refractivity contribution in [1.82, 2.24) is 4.98 Å². The monoisotopic (exact) mass is 568 g/mol. The van der Waals surface area contributed by atoms with E-state index in [0.717, 1.165) is 45.5 Å². The van der Waals surface area contributed by atoms with Crippen molar-refractivity contribution in [2.75, 3.05) is 11.5 Å². The number of anilines is 1. The number of thiazole rings is 1. The van der Waals surface area contributed by atoms with E-state index in [1.54, 1.807) is 12.1 Å². The van der Waals surface area contributed by atoms with Crippen LogP contribution in [0.2, 0.25) is 0 Å². The van der Waals surface area contributed by atoms with E-state index in [4.69, 9.17) is 14.5 Å². The van der Waals surface area contributed by atoms with Crippen molar-refractivity contribution in [3.05, 3.63) is 88.0 Å². The van der Waals surface area contributed by atoms with Crippen LogP contribution in [0.5, 0.6) is 11.5 Å². The lowest BCUT2D eigenvalue weighted by Gasteiger charge is -2.23. The fraction of sp³-hybridized carbons (Fsp3) is 0.303.